The van der Waals surface area contributed by atoms with Crippen molar-refractivity contribution in [2.24, 2.45) is 0 Å². The molecular formula is C11H12N2O. The molecule has 0 aliphatic rings. The van der Waals surface area contributed by atoms with Gasteiger partial charge in [-0.1, -0.05) is 18.2 Å². The maximum absolute atomic E-state index is 11.5. The topological polar surface area (TPSA) is 44.1 Å². The molecule has 0 bridgehead atoms. The molecule has 0 saturated heterocycles. The Morgan fingerprint density at radius 1 is 1.43 bits per heavy atom. The molecule has 72 valence electrons. The Morgan fingerprint density at radius 3 is 2.57 bits per heavy atom. The first-order valence-electron chi connectivity index (χ1n) is 4.52. The van der Waals surface area contributed by atoms with Crippen LogP contribution in [0.2, 0.25) is 0 Å². The summed E-state index contributed by atoms with van der Waals surface area (Å²) in [6.45, 7) is 2.48. The summed E-state index contributed by atoms with van der Waals surface area (Å²) in [6.07, 6.45) is -0.0667. The third-order valence-corrected chi connectivity index (χ3v) is 1.92. The molecule has 0 heterocycles. The standard InChI is InChI=1S/C11H12N2O/c1-2-13(11(14)8-9-12)10-6-4-3-5-7-10/h3-7H,2,8H2,1H3. The van der Waals surface area contributed by atoms with E-state index in [0.717, 1.165) is 5.69 Å². The molecule has 0 aliphatic carbocycles. The number of hydrogen-bond donors (Lipinski definition) is 0. The summed E-state index contributed by atoms with van der Waals surface area (Å²) in [5.41, 5.74) is 0.843. The summed E-state index contributed by atoms with van der Waals surface area (Å²) >= 11 is 0. The predicted molar refractivity (Wildman–Crippen MR) is 54.7 cm³/mol. The molecule has 0 N–H and O–H groups in total. The van der Waals surface area contributed by atoms with Crippen molar-refractivity contribution < 1.29 is 4.79 Å². The lowest BCUT2D eigenvalue weighted by molar-refractivity contribution is -0.117. The highest BCUT2D eigenvalue weighted by atomic mass is 16.2. The van der Waals surface area contributed by atoms with Gasteiger partial charge in [-0.05, 0) is 19.1 Å². The molecule has 3 heteroatoms. The van der Waals surface area contributed by atoms with Crippen LogP contribution in [0.3, 0.4) is 0 Å². The second-order valence-electron chi connectivity index (χ2n) is 2.81. The highest BCUT2D eigenvalue weighted by Crippen LogP contribution is 2.13. The van der Waals surface area contributed by atoms with Gasteiger partial charge in [-0.2, -0.15) is 5.26 Å². The molecule has 14 heavy (non-hydrogen) atoms. The van der Waals surface area contributed by atoms with Crippen LogP contribution in [0.15, 0.2) is 30.3 Å². The van der Waals surface area contributed by atoms with Gasteiger partial charge >= 0.3 is 0 Å². The summed E-state index contributed by atoms with van der Waals surface area (Å²) in [5, 5.41) is 8.43. The number of hydrogen-bond acceptors (Lipinski definition) is 2. The van der Waals surface area contributed by atoms with E-state index in [9.17, 15) is 4.79 Å². The molecule has 0 atom stereocenters. The first-order chi connectivity index (χ1) is 6.79. The SMILES string of the molecule is CCN(C(=O)CC#N)c1ccccc1. The summed E-state index contributed by atoms with van der Waals surface area (Å²) in [6, 6.07) is 11.2. The lowest BCUT2D eigenvalue weighted by Gasteiger charge is -2.19. The zero-order valence-electron chi connectivity index (χ0n) is 8.10. The van der Waals surface area contributed by atoms with Crippen LogP contribution in [0.4, 0.5) is 5.69 Å². The number of nitriles is 1. The van der Waals surface area contributed by atoms with E-state index in [0.29, 0.717) is 6.54 Å². The number of nitrogens with zero attached hydrogens (tertiary/aromatic N) is 2. The first kappa shape index (κ1) is 10.3. The minimum Gasteiger partial charge on any atom is -0.312 e. The van der Waals surface area contributed by atoms with Gasteiger partial charge in [0.05, 0.1) is 6.07 Å². The van der Waals surface area contributed by atoms with Crippen LogP contribution in [0.1, 0.15) is 13.3 Å². The third-order valence-electron chi connectivity index (χ3n) is 1.92. The molecule has 1 aromatic carbocycles. The van der Waals surface area contributed by atoms with Gasteiger partial charge in [0.2, 0.25) is 5.91 Å². The van der Waals surface area contributed by atoms with Crippen molar-refractivity contribution in [3.05, 3.63) is 30.3 Å². The highest BCUT2D eigenvalue weighted by Gasteiger charge is 2.11. The van der Waals surface area contributed by atoms with Crippen LogP contribution >= 0.6 is 0 Å². The summed E-state index contributed by atoms with van der Waals surface area (Å²) < 4.78 is 0. The predicted octanol–water partition coefficient (Wildman–Crippen LogP) is 1.95. The van der Waals surface area contributed by atoms with Crippen molar-refractivity contribution in [2.75, 3.05) is 11.4 Å². The van der Waals surface area contributed by atoms with Gasteiger partial charge in [-0.25, -0.2) is 0 Å². The summed E-state index contributed by atoms with van der Waals surface area (Å²) in [7, 11) is 0. The lowest BCUT2D eigenvalue weighted by Crippen LogP contribution is -2.29. The van der Waals surface area contributed by atoms with Gasteiger partial charge in [0.25, 0.3) is 0 Å². The Bertz CT molecular complexity index is 340. The van der Waals surface area contributed by atoms with Gasteiger partial charge < -0.3 is 4.90 Å². The number of carbonyl (C=O) groups is 1. The van der Waals surface area contributed by atoms with E-state index in [2.05, 4.69) is 0 Å². The second kappa shape index (κ2) is 5.03. The second-order valence-corrected chi connectivity index (χ2v) is 2.81. The van der Waals surface area contributed by atoms with Crippen LogP contribution in [0.5, 0.6) is 0 Å². The maximum atomic E-state index is 11.5. The van der Waals surface area contributed by atoms with Crippen LogP contribution in [0, 0.1) is 11.3 Å². The van der Waals surface area contributed by atoms with E-state index < -0.39 is 0 Å². The Labute approximate surface area is 83.6 Å². The van der Waals surface area contributed by atoms with Crippen LogP contribution < -0.4 is 4.90 Å². The highest BCUT2D eigenvalue weighted by molar-refractivity contribution is 5.94. The molecule has 1 aromatic rings. The van der Waals surface area contributed by atoms with E-state index in [-0.39, 0.29) is 12.3 Å². The van der Waals surface area contributed by atoms with Gasteiger partial charge in [0, 0.05) is 12.2 Å². The number of carbonyl (C=O) groups excluding carboxylic acids is 1. The summed E-state index contributed by atoms with van der Waals surface area (Å²) in [4.78, 5) is 13.1. The number of para-hydroxylation sites is 1. The molecule has 0 fully saturated rings. The van der Waals surface area contributed by atoms with E-state index in [1.807, 2.05) is 43.3 Å². The van der Waals surface area contributed by atoms with E-state index >= 15 is 0 Å². The normalized spacial score (nSPS) is 9.14. The summed E-state index contributed by atoms with van der Waals surface area (Å²) in [5.74, 6) is -0.152. The monoisotopic (exact) mass is 188 g/mol. The number of amides is 1. The molecule has 0 radical (unpaired) electrons. The molecule has 1 rings (SSSR count). The van der Waals surface area contributed by atoms with Gasteiger partial charge in [-0.15, -0.1) is 0 Å². The minimum absolute atomic E-state index is 0.0667. The fraction of sp³-hybridized carbons (Fsp3) is 0.273. The van der Waals surface area contributed by atoms with Crippen molar-refractivity contribution in [1.82, 2.24) is 0 Å². The Morgan fingerprint density at radius 2 is 2.07 bits per heavy atom. The molecule has 0 saturated carbocycles. The Balaban J connectivity index is 2.83. The van der Waals surface area contributed by atoms with E-state index in [4.69, 9.17) is 5.26 Å². The zero-order valence-corrected chi connectivity index (χ0v) is 8.10. The molecule has 0 spiro atoms. The van der Waals surface area contributed by atoms with E-state index in [1.165, 1.54) is 0 Å². The maximum Gasteiger partial charge on any atom is 0.241 e. The van der Waals surface area contributed by atoms with Gasteiger partial charge in [0.15, 0.2) is 0 Å². The Hall–Kier alpha value is -1.82. The van der Waals surface area contributed by atoms with Crippen LogP contribution in [-0.2, 0) is 4.79 Å². The fourth-order valence-corrected chi connectivity index (χ4v) is 1.27. The molecule has 0 unspecified atom stereocenters. The van der Waals surface area contributed by atoms with Crippen LogP contribution in [0.25, 0.3) is 0 Å². The number of rotatable bonds is 3. The van der Waals surface area contributed by atoms with Crippen LogP contribution in [-0.4, -0.2) is 12.5 Å². The van der Waals surface area contributed by atoms with Gasteiger partial charge in [0.1, 0.15) is 6.42 Å². The van der Waals surface area contributed by atoms with Gasteiger partial charge in [-0.3, -0.25) is 4.79 Å². The minimum atomic E-state index is -0.152. The molecule has 0 aromatic heterocycles. The lowest BCUT2D eigenvalue weighted by atomic mass is 10.2. The fourth-order valence-electron chi connectivity index (χ4n) is 1.27. The average molecular weight is 188 g/mol. The van der Waals surface area contributed by atoms with Crippen molar-refractivity contribution in [2.45, 2.75) is 13.3 Å². The zero-order chi connectivity index (χ0) is 10.4. The molecule has 1 amide bonds. The molecular weight excluding hydrogens is 176 g/mol. The first-order valence-corrected chi connectivity index (χ1v) is 4.52. The number of benzene rings is 1. The van der Waals surface area contributed by atoms with Crippen molar-refractivity contribution in [1.29, 1.82) is 5.26 Å². The third kappa shape index (κ3) is 2.33. The number of anilines is 1. The van der Waals surface area contributed by atoms with Crippen molar-refractivity contribution in [3.8, 4) is 6.07 Å². The van der Waals surface area contributed by atoms with E-state index in [1.54, 1.807) is 4.90 Å². The smallest absolute Gasteiger partial charge is 0.241 e. The van der Waals surface area contributed by atoms with Crippen molar-refractivity contribution in [3.63, 3.8) is 0 Å². The van der Waals surface area contributed by atoms with Crippen molar-refractivity contribution >= 4 is 11.6 Å². The molecule has 3 nitrogen and oxygen atoms in total. The largest absolute Gasteiger partial charge is 0.312 e. The molecule has 0 aliphatic heterocycles. The average Bonchev–Trinajstić information content (AvgIpc) is 2.21. The Kier molecular flexibility index (Phi) is 3.69. The quantitative estimate of drug-likeness (QED) is 0.727.